The van der Waals surface area contributed by atoms with Crippen molar-refractivity contribution in [1.29, 1.82) is 0 Å². The third-order valence-corrected chi connectivity index (χ3v) is 4.25. The Hall–Kier alpha value is -2.72. The molecule has 0 aliphatic heterocycles. The van der Waals surface area contributed by atoms with Gasteiger partial charge in [-0.1, -0.05) is 18.2 Å². The molecule has 1 N–H and O–H groups in total. The molecule has 1 heterocycles. The molecular formula is C21H27F3N2O5. The van der Waals surface area contributed by atoms with Crippen molar-refractivity contribution < 1.29 is 42.3 Å². The predicted octanol–water partition coefficient (Wildman–Crippen LogP) is 2.24. The van der Waals surface area contributed by atoms with Crippen LogP contribution in [0.15, 0.2) is 36.7 Å². The monoisotopic (exact) mass is 444 g/mol. The van der Waals surface area contributed by atoms with Crippen molar-refractivity contribution in [1.82, 2.24) is 4.68 Å². The average molecular weight is 444 g/mol. The van der Waals surface area contributed by atoms with Gasteiger partial charge in [-0.25, -0.2) is 0 Å². The standard InChI is InChI=1S/C19H25N2O3.C2H2F3O2/c1-4-24-19(23)9-12-20-10-6-11-21(20)14-17(22)13-18-15(2)7-5-8-16(18)3;3-2(4,5)1-7-6/h5-8,10-11H,4,9,12-14H2,1-3H3;1,7H/q+1;-1. The Morgan fingerprint density at radius 2 is 1.87 bits per heavy atom. The Morgan fingerprint density at radius 1 is 1.23 bits per heavy atom. The number of nitrogens with zero attached hydrogens (tertiary/aromatic N) is 2. The van der Waals surface area contributed by atoms with Crippen molar-refractivity contribution in [2.75, 3.05) is 6.61 Å². The lowest BCUT2D eigenvalue weighted by Crippen LogP contribution is -2.46. The van der Waals surface area contributed by atoms with E-state index in [2.05, 4.69) is 0 Å². The van der Waals surface area contributed by atoms with Crippen LogP contribution in [-0.2, 0) is 33.8 Å². The fourth-order valence-corrected chi connectivity index (χ4v) is 2.82. The van der Waals surface area contributed by atoms with E-state index in [0.29, 0.717) is 32.5 Å². The van der Waals surface area contributed by atoms with Gasteiger partial charge in [-0.15, -0.1) is 4.68 Å². The summed E-state index contributed by atoms with van der Waals surface area (Å²) in [4.78, 5) is 25.4. The van der Waals surface area contributed by atoms with E-state index in [9.17, 15) is 22.8 Å². The van der Waals surface area contributed by atoms with E-state index >= 15 is 0 Å². The number of rotatable bonds is 9. The van der Waals surface area contributed by atoms with Gasteiger partial charge in [0.25, 0.3) is 0 Å². The van der Waals surface area contributed by atoms with Gasteiger partial charge in [-0.2, -0.15) is 17.9 Å². The molecule has 0 amide bonds. The van der Waals surface area contributed by atoms with Crippen LogP contribution in [0.25, 0.3) is 0 Å². The lowest BCUT2D eigenvalue weighted by molar-refractivity contribution is -0.767. The van der Waals surface area contributed by atoms with Crippen LogP contribution in [0, 0.1) is 20.5 Å². The predicted molar refractivity (Wildman–Crippen MR) is 103 cm³/mol. The van der Waals surface area contributed by atoms with Gasteiger partial charge in [-0.05, 0) is 37.5 Å². The summed E-state index contributed by atoms with van der Waals surface area (Å²) < 4.78 is 40.8. The minimum absolute atomic E-state index is 0.147. The smallest absolute Gasteiger partial charge is 0.336 e. The SMILES string of the molecule is CCOC(=O)CCn1ccc[n+]1CC(=O)Cc1c(C)cccc1C.[O-][OH+][CH-]C(F)(F)F. The molecule has 7 nitrogen and oxygen atoms in total. The van der Waals surface area contributed by atoms with Crippen LogP contribution >= 0.6 is 0 Å². The number of ketones is 1. The highest BCUT2D eigenvalue weighted by Crippen LogP contribution is 2.16. The molecule has 0 saturated carbocycles. The first-order valence-electron chi connectivity index (χ1n) is 9.58. The normalized spacial score (nSPS) is 10.9. The number of esters is 1. The van der Waals surface area contributed by atoms with Gasteiger partial charge < -0.3 is 14.9 Å². The summed E-state index contributed by atoms with van der Waals surface area (Å²) in [6.07, 6.45) is -0.108. The summed E-state index contributed by atoms with van der Waals surface area (Å²) in [6, 6.07) is 7.95. The lowest BCUT2D eigenvalue weighted by Gasteiger charge is -2.13. The molecule has 1 aromatic heterocycles. The summed E-state index contributed by atoms with van der Waals surface area (Å²) in [5.74, 6) is -0.0758. The molecule has 1 aromatic carbocycles. The maximum atomic E-state index is 12.5. The van der Waals surface area contributed by atoms with Crippen molar-refractivity contribution in [2.45, 2.75) is 52.9 Å². The second-order valence-electron chi connectivity index (χ2n) is 6.67. The van der Waals surface area contributed by atoms with Crippen LogP contribution in [0.3, 0.4) is 0 Å². The number of alkyl halides is 3. The zero-order valence-corrected chi connectivity index (χ0v) is 17.7. The van der Waals surface area contributed by atoms with Gasteiger partial charge >= 0.3 is 12.1 Å². The number of benzene rings is 1. The van der Waals surface area contributed by atoms with Crippen LogP contribution in [0.5, 0.6) is 0 Å². The first-order chi connectivity index (χ1) is 14.6. The van der Waals surface area contributed by atoms with Gasteiger partial charge in [0.1, 0.15) is 0 Å². The van der Waals surface area contributed by atoms with E-state index in [0.717, 1.165) is 16.7 Å². The lowest BCUT2D eigenvalue weighted by atomic mass is 9.98. The van der Waals surface area contributed by atoms with Crippen LogP contribution in [0.2, 0.25) is 0 Å². The Labute approximate surface area is 178 Å². The first kappa shape index (κ1) is 26.3. The molecule has 2 aromatic rings. The van der Waals surface area contributed by atoms with Crippen LogP contribution in [0.1, 0.15) is 30.0 Å². The molecule has 0 saturated heterocycles. The first-order valence-corrected chi connectivity index (χ1v) is 9.58. The van der Waals surface area contributed by atoms with E-state index in [4.69, 9.17) is 9.99 Å². The van der Waals surface area contributed by atoms with E-state index < -0.39 is 12.8 Å². The molecule has 0 atom stereocenters. The van der Waals surface area contributed by atoms with Gasteiger partial charge in [-0.3, -0.25) is 9.59 Å². The van der Waals surface area contributed by atoms with Crippen molar-refractivity contribution in [2.24, 2.45) is 0 Å². The summed E-state index contributed by atoms with van der Waals surface area (Å²) in [5.41, 5.74) is 3.39. The Bertz CT molecular complexity index is 830. The molecule has 31 heavy (non-hydrogen) atoms. The van der Waals surface area contributed by atoms with E-state index in [1.807, 2.05) is 59.9 Å². The fourth-order valence-electron chi connectivity index (χ4n) is 2.82. The van der Waals surface area contributed by atoms with Crippen molar-refractivity contribution in [3.05, 3.63) is 60.0 Å². The number of aromatic nitrogens is 2. The highest BCUT2D eigenvalue weighted by atomic mass is 19.4. The highest BCUT2D eigenvalue weighted by Gasteiger charge is 2.19. The molecular weight excluding hydrogens is 417 g/mol. The maximum absolute atomic E-state index is 12.5. The Kier molecular flexibility index (Phi) is 10.9. The number of hydrogen-bond acceptors (Lipinski definition) is 4. The van der Waals surface area contributed by atoms with Gasteiger partial charge in [0, 0.05) is 12.5 Å². The topological polar surface area (TPSA) is 88.0 Å². The molecule has 2 rings (SSSR count). The number of aryl methyl sites for hydroxylation is 3. The third kappa shape index (κ3) is 10.2. The van der Waals surface area contributed by atoms with Gasteiger partial charge in [0.15, 0.2) is 6.20 Å². The number of Topliss-reactive ketones (excluding diaryl/α,β-unsaturated/α-hetero) is 1. The minimum atomic E-state index is -4.55. The quantitative estimate of drug-likeness (QED) is 0.148. The number of ether oxygens (including phenoxy) is 1. The summed E-state index contributed by atoms with van der Waals surface area (Å²) in [5, 5.41) is 8.79. The molecule has 0 spiro atoms. The largest absolute Gasteiger partial charge is 0.582 e. The van der Waals surface area contributed by atoms with Crippen molar-refractivity contribution in [3.63, 3.8) is 0 Å². The number of hydrogen-bond donors (Lipinski definition) is 0. The van der Waals surface area contributed by atoms with E-state index in [1.54, 1.807) is 6.92 Å². The summed E-state index contributed by atoms with van der Waals surface area (Å²) >= 11 is 0. The van der Waals surface area contributed by atoms with Gasteiger partial charge in [0.2, 0.25) is 12.3 Å². The fraction of sp³-hybridized carbons (Fsp3) is 0.429. The van der Waals surface area contributed by atoms with Crippen LogP contribution < -0.4 is 9.94 Å². The average Bonchev–Trinajstić information content (AvgIpc) is 3.10. The van der Waals surface area contributed by atoms with Crippen molar-refractivity contribution >= 4 is 11.8 Å². The van der Waals surface area contributed by atoms with Crippen molar-refractivity contribution in [3.8, 4) is 0 Å². The van der Waals surface area contributed by atoms with Crippen LogP contribution in [-0.4, -0.2) is 34.1 Å². The molecule has 0 aliphatic rings. The number of halogens is 3. The zero-order chi connectivity index (χ0) is 23.4. The minimum Gasteiger partial charge on any atom is -0.582 e. The molecule has 172 valence electrons. The number of carbonyl (C=O) groups excluding carboxylic acids is 2. The molecule has 0 radical (unpaired) electrons. The summed E-state index contributed by atoms with van der Waals surface area (Å²) in [6.45, 7) is 6.42. The molecule has 0 unspecified atom stereocenters. The molecule has 0 aliphatic carbocycles. The third-order valence-electron chi connectivity index (χ3n) is 4.25. The number of carbonyl (C=O) groups is 2. The van der Waals surface area contributed by atoms with Crippen LogP contribution in [0.4, 0.5) is 13.2 Å². The second kappa shape index (κ2) is 12.9. The maximum Gasteiger partial charge on any atom is 0.336 e. The van der Waals surface area contributed by atoms with E-state index in [-0.39, 0.29) is 11.8 Å². The second-order valence-corrected chi connectivity index (χ2v) is 6.67. The van der Waals surface area contributed by atoms with E-state index in [1.165, 1.54) is 4.89 Å². The Balaban J connectivity index is 0.000000592. The highest BCUT2D eigenvalue weighted by molar-refractivity contribution is 5.80. The number of aliphatic hydroxyl groups is 1. The molecule has 10 heteroatoms. The van der Waals surface area contributed by atoms with Gasteiger partial charge in [0.05, 0.1) is 32.4 Å². The molecule has 0 bridgehead atoms. The molecule has 0 fully saturated rings. The summed E-state index contributed by atoms with van der Waals surface area (Å²) in [7, 11) is 0. The zero-order valence-electron chi connectivity index (χ0n) is 17.7. The Morgan fingerprint density at radius 3 is 2.39 bits per heavy atom.